The van der Waals surface area contributed by atoms with E-state index in [-0.39, 0.29) is 11.6 Å². The van der Waals surface area contributed by atoms with Gasteiger partial charge in [-0.05, 0) is 6.42 Å². The molecule has 0 atom stereocenters. The largest absolute Gasteiger partial charge is 0.396 e. The molecular weight excluding hydrogens is 218 g/mol. The number of aromatic amines is 1. The quantitative estimate of drug-likeness (QED) is 0.712. The minimum Gasteiger partial charge on any atom is -0.396 e. The van der Waals surface area contributed by atoms with Crippen molar-refractivity contribution in [1.29, 1.82) is 0 Å². The Morgan fingerprint density at radius 3 is 2.80 bits per heavy atom. The summed E-state index contributed by atoms with van der Waals surface area (Å²) in [5, 5.41) is 8.75. The zero-order valence-corrected chi connectivity index (χ0v) is 9.37. The molecule has 1 rings (SSSR count). The third-order valence-electron chi connectivity index (χ3n) is 2.01. The second-order valence-corrected chi connectivity index (χ2v) is 4.90. The SMILES string of the molecule is CCN(CCCO)S(=O)(=O)c1cnc[nH]1. The van der Waals surface area contributed by atoms with Crippen LogP contribution in [0.5, 0.6) is 0 Å². The molecule has 0 bridgehead atoms. The smallest absolute Gasteiger partial charge is 0.260 e. The third kappa shape index (κ3) is 2.77. The summed E-state index contributed by atoms with van der Waals surface area (Å²) in [6.07, 6.45) is 3.03. The minimum absolute atomic E-state index is 0.0189. The number of aliphatic hydroxyl groups excluding tert-OH is 1. The lowest BCUT2D eigenvalue weighted by Gasteiger charge is -2.18. The van der Waals surface area contributed by atoms with E-state index in [9.17, 15) is 8.42 Å². The van der Waals surface area contributed by atoms with Crippen LogP contribution in [0.25, 0.3) is 0 Å². The van der Waals surface area contributed by atoms with E-state index in [2.05, 4.69) is 9.97 Å². The molecule has 1 aromatic heterocycles. The van der Waals surface area contributed by atoms with Crippen molar-refractivity contribution in [2.24, 2.45) is 0 Å². The molecule has 0 aromatic carbocycles. The van der Waals surface area contributed by atoms with Crippen LogP contribution in [0, 0.1) is 0 Å². The van der Waals surface area contributed by atoms with Crippen molar-refractivity contribution < 1.29 is 13.5 Å². The molecule has 0 aliphatic carbocycles. The first kappa shape index (κ1) is 12.2. The molecule has 15 heavy (non-hydrogen) atoms. The molecule has 86 valence electrons. The van der Waals surface area contributed by atoms with Gasteiger partial charge >= 0.3 is 0 Å². The molecule has 1 heterocycles. The molecule has 0 radical (unpaired) electrons. The Labute approximate surface area is 89.0 Å². The van der Waals surface area contributed by atoms with Crippen LogP contribution in [0.4, 0.5) is 0 Å². The first-order valence-electron chi connectivity index (χ1n) is 4.72. The fourth-order valence-corrected chi connectivity index (χ4v) is 2.60. The molecule has 0 unspecified atom stereocenters. The molecule has 0 spiro atoms. The summed E-state index contributed by atoms with van der Waals surface area (Å²) in [5.41, 5.74) is 0. The maximum Gasteiger partial charge on any atom is 0.260 e. The van der Waals surface area contributed by atoms with E-state index >= 15 is 0 Å². The van der Waals surface area contributed by atoms with Crippen molar-refractivity contribution in [3.8, 4) is 0 Å². The number of hydrogen-bond acceptors (Lipinski definition) is 4. The number of sulfonamides is 1. The Hall–Kier alpha value is -0.920. The van der Waals surface area contributed by atoms with Crippen LogP contribution in [0.15, 0.2) is 17.6 Å². The van der Waals surface area contributed by atoms with Gasteiger partial charge in [0.2, 0.25) is 0 Å². The summed E-state index contributed by atoms with van der Waals surface area (Å²) in [7, 11) is -3.48. The van der Waals surface area contributed by atoms with Crippen LogP contribution < -0.4 is 0 Å². The first-order chi connectivity index (χ1) is 7.12. The second-order valence-electron chi connectivity index (χ2n) is 2.99. The van der Waals surface area contributed by atoms with Crippen molar-refractivity contribution >= 4 is 10.0 Å². The fourth-order valence-electron chi connectivity index (χ4n) is 1.22. The summed E-state index contributed by atoms with van der Waals surface area (Å²) < 4.78 is 25.1. The highest BCUT2D eigenvalue weighted by Gasteiger charge is 2.23. The van der Waals surface area contributed by atoms with Crippen molar-refractivity contribution in [2.45, 2.75) is 18.4 Å². The van der Waals surface area contributed by atoms with E-state index in [1.807, 2.05) is 0 Å². The molecule has 6 nitrogen and oxygen atoms in total. The standard InChI is InChI=1S/C8H15N3O3S/c1-2-11(4-3-5-12)15(13,14)8-6-9-7-10-8/h6-7,12H,2-5H2,1H3,(H,9,10). The number of imidazole rings is 1. The lowest BCUT2D eigenvalue weighted by molar-refractivity contribution is 0.271. The van der Waals surface area contributed by atoms with E-state index in [0.717, 1.165) is 0 Å². The van der Waals surface area contributed by atoms with Crippen molar-refractivity contribution in [1.82, 2.24) is 14.3 Å². The maximum absolute atomic E-state index is 11.9. The van der Waals surface area contributed by atoms with Crippen LogP contribution in [0.3, 0.4) is 0 Å². The number of nitrogens with one attached hydrogen (secondary N) is 1. The predicted molar refractivity (Wildman–Crippen MR) is 54.7 cm³/mol. The highest BCUT2D eigenvalue weighted by molar-refractivity contribution is 7.89. The molecule has 0 amide bonds. The number of aromatic nitrogens is 2. The normalized spacial score (nSPS) is 12.2. The topological polar surface area (TPSA) is 86.3 Å². The van der Waals surface area contributed by atoms with E-state index in [0.29, 0.717) is 19.5 Å². The zero-order valence-electron chi connectivity index (χ0n) is 8.55. The molecule has 1 aromatic rings. The van der Waals surface area contributed by atoms with Gasteiger partial charge in [0.05, 0.1) is 12.5 Å². The summed E-state index contributed by atoms with van der Waals surface area (Å²) in [6, 6.07) is 0. The van der Waals surface area contributed by atoms with Gasteiger partial charge in [0, 0.05) is 19.7 Å². The number of H-pyrrole nitrogens is 1. The van der Waals surface area contributed by atoms with Gasteiger partial charge in [0.1, 0.15) is 0 Å². The van der Waals surface area contributed by atoms with Gasteiger partial charge < -0.3 is 10.1 Å². The van der Waals surface area contributed by atoms with Gasteiger partial charge in [-0.25, -0.2) is 13.4 Å². The summed E-state index contributed by atoms with van der Waals surface area (Å²) >= 11 is 0. The first-order valence-corrected chi connectivity index (χ1v) is 6.16. The van der Waals surface area contributed by atoms with Gasteiger partial charge in [-0.1, -0.05) is 6.92 Å². The maximum atomic E-state index is 11.9. The zero-order chi connectivity index (χ0) is 11.3. The number of rotatable bonds is 6. The Morgan fingerprint density at radius 2 is 2.33 bits per heavy atom. The number of nitrogens with zero attached hydrogens (tertiary/aromatic N) is 2. The monoisotopic (exact) mass is 233 g/mol. The third-order valence-corrected chi connectivity index (χ3v) is 3.91. The van der Waals surface area contributed by atoms with Crippen LogP contribution in [0.2, 0.25) is 0 Å². The van der Waals surface area contributed by atoms with Crippen LogP contribution in [-0.2, 0) is 10.0 Å². The van der Waals surface area contributed by atoms with Gasteiger partial charge in [-0.2, -0.15) is 4.31 Å². The van der Waals surface area contributed by atoms with Gasteiger partial charge in [-0.15, -0.1) is 0 Å². The summed E-state index contributed by atoms with van der Waals surface area (Å²) in [6.45, 7) is 2.43. The summed E-state index contributed by atoms with van der Waals surface area (Å²) in [4.78, 5) is 6.24. The highest BCUT2D eigenvalue weighted by atomic mass is 32.2. The second kappa shape index (κ2) is 5.24. The number of hydrogen-bond donors (Lipinski definition) is 2. The van der Waals surface area contributed by atoms with Crippen LogP contribution in [0.1, 0.15) is 13.3 Å². The molecule has 2 N–H and O–H groups in total. The highest BCUT2D eigenvalue weighted by Crippen LogP contribution is 2.11. The van der Waals surface area contributed by atoms with Gasteiger partial charge in [-0.3, -0.25) is 0 Å². The van der Waals surface area contributed by atoms with E-state index in [4.69, 9.17) is 5.11 Å². The Morgan fingerprint density at radius 1 is 1.60 bits per heavy atom. The molecule has 0 aliphatic rings. The molecule has 0 aliphatic heterocycles. The average Bonchev–Trinajstić information content (AvgIpc) is 2.72. The van der Waals surface area contributed by atoms with Crippen LogP contribution >= 0.6 is 0 Å². The molecule has 7 heteroatoms. The molecular formula is C8H15N3O3S. The molecule has 0 fully saturated rings. The molecule has 0 saturated heterocycles. The Balaban J connectivity index is 2.83. The van der Waals surface area contributed by atoms with Crippen molar-refractivity contribution in [3.05, 3.63) is 12.5 Å². The summed E-state index contributed by atoms with van der Waals surface area (Å²) in [5.74, 6) is 0. The minimum atomic E-state index is -3.48. The lowest BCUT2D eigenvalue weighted by atomic mass is 10.4. The van der Waals surface area contributed by atoms with E-state index in [1.54, 1.807) is 6.92 Å². The van der Waals surface area contributed by atoms with Crippen LogP contribution in [-0.4, -0.2) is 47.5 Å². The van der Waals surface area contributed by atoms with Gasteiger partial charge in [0.15, 0.2) is 5.03 Å². The van der Waals surface area contributed by atoms with E-state index < -0.39 is 10.0 Å². The lowest BCUT2D eigenvalue weighted by Crippen LogP contribution is -2.32. The average molecular weight is 233 g/mol. The Kier molecular flexibility index (Phi) is 4.25. The Bertz CT molecular complexity index is 374. The van der Waals surface area contributed by atoms with Gasteiger partial charge in [0.25, 0.3) is 10.0 Å². The number of aliphatic hydroxyl groups is 1. The molecule has 0 saturated carbocycles. The fraction of sp³-hybridized carbons (Fsp3) is 0.625. The van der Waals surface area contributed by atoms with Crippen molar-refractivity contribution in [3.63, 3.8) is 0 Å². The predicted octanol–water partition coefficient (Wildman–Crippen LogP) is -0.197. The van der Waals surface area contributed by atoms with Crippen molar-refractivity contribution in [2.75, 3.05) is 19.7 Å². The van der Waals surface area contributed by atoms with E-state index in [1.165, 1.54) is 16.8 Å².